The minimum atomic E-state index is -1.05. The average molecular weight is 673 g/mol. The molecule has 0 aliphatic carbocycles. The number of benzene rings is 3. The minimum Gasteiger partial charge on any atom is -0.493 e. The Morgan fingerprint density at radius 1 is 1.04 bits per heavy atom. The van der Waals surface area contributed by atoms with Gasteiger partial charge in [0, 0.05) is 49.4 Å². The zero-order valence-corrected chi connectivity index (χ0v) is 27.8. The van der Waals surface area contributed by atoms with Crippen LogP contribution in [0.1, 0.15) is 32.3 Å². The molecule has 3 fully saturated rings. The van der Waals surface area contributed by atoms with Crippen molar-refractivity contribution in [3.05, 3.63) is 103 Å². The molecule has 4 heterocycles. The van der Waals surface area contributed by atoms with Crippen molar-refractivity contribution in [2.75, 3.05) is 49.3 Å². The van der Waals surface area contributed by atoms with Gasteiger partial charge in [-0.05, 0) is 62.2 Å². The number of ether oxygens (including phenoxy) is 2. The number of hydrogen-bond acceptors (Lipinski definition) is 8. The van der Waals surface area contributed by atoms with Crippen LogP contribution < -0.4 is 20.0 Å². The van der Waals surface area contributed by atoms with Crippen LogP contribution in [0, 0.1) is 17.6 Å². The second kappa shape index (κ2) is 14.1. The zero-order valence-electron chi connectivity index (χ0n) is 27.8. The van der Waals surface area contributed by atoms with Crippen molar-refractivity contribution in [2.24, 2.45) is 5.92 Å². The molecule has 2 amide bonds. The van der Waals surface area contributed by atoms with Crippen molar-refractivity contribution >= 4 is 17.4 Å². The topological polar surface area (TPSA) is 91.2 Å². The zero-order chi connectivity index (χ0) is 34.0. The number of anilines is 2. The molecule has 11 nitrogen and oxygen atoms in total. The molecule has 3 saturated heterocycles. The van der Waals surface area contributed by atoms with Gasteiger partial charge < -0.3 is 14.8 Å². The first kappa shape index (κ1) is 32.9. The second-order valence-electron chi connectivity index (χ2n) is 13.0. The van der Waals surface area contributed by atoms with Crippen molar-refractivity contribution in [3.63, 3.8) is 0 Å². The molecule has 4 aromatic rings. The number of nitrogens with zero attached hydrogens (tertiary/aromatic N) is 7. The third kappa shape index (κ3) is 6.57. The molecule has 13 heteroatoms. The van der Waals surface area contributed by atoms with Crippen LogP contribution >= 0.6 is 0 Å². The molecule has 1 N–H and O–H groups in total. The summed E-state index contributed by atoms with van der Waals surface area (Å²) in [6, 6.07) is 21.2. The van der Waals surface area contributed by atoms with Gasteiger partial charge in [0.1, 0.15) is 35.6 Å². The Hall–Kier alpha value is -4.59. The highest BCUT2D eigenvalue weighted by molar-refractivity contribution is 5.97. The van der Waals surface area contributed by atoms with Crippen LogP contribution in [-0.4, -0.2) is 82.4 Å². The van der Waals surface area contributed by atoms with Gasteiger partial charge in [-0.25, -0.2) is 33.3 Å². The van der Waals surface area contributed by atoms with Gasteiger partial charge in [-0.1, -0.05) is 31.2 Å². The smallest absolute Gasteiger partial charge is 0.346 e. The molecule has 3 unspecified atom stereocenters. The number of para-hydroxylation sites is 1. The van der Waals surface area contributed by atoms with E-state index >= 15 is 4.39 Å². The van der Waals surface area contributed by atoms with E-state index in [9.17, 15) is 9.18 Å². The summed E-state index contributed by atoms with van der Waals surface area (Å²) in [7, 11) is 0. The van der Waals surface area contributed by atoms with Gasteiger partial charge in [-0.2, -0.15) is 5.10 Å². The maximum atomic E-state index is 15.1. The maximum Gasteiger partial charge on any atom is 0.346 e. The molecule has 49 heavy (non-hydrogen) atoms. The Kier molecular flexibility index (Phi) is 9.48. The summed E-state index contributed by atoms with van der Waals surface area (Å²) in [5, 5.41) is 11.6. The lowest BCUT2D eigenvalue weighted by Crippen LogP contribution is -2.59. The summed E-state index contributed by atoms with van der Waals surface area (Å²) in [6.45, 7) is 8.38. The molecule has 7 rings (SSSR count). The molecule has 3 aliphatic heterocycles. The Balaban J connectivity index is 1.11. The number of nitrogens with one attached hydrogen (secondary N) is 1. The summed E-state index contributed by atoms with van der Waals surface area (Å²) in [4.78, 5) is 22.5. The molecule has 258 valence electrons. The van der Waals surface area contributed by atoms with E-state index in [4.69, 9.17) is 9.47 Å². The normalized spacial score (nSPS) is 23.8. The van der Waals surface area contributed by atoms with Crippen molar-refractivity contribution < 1.29 is 23.0 Å². The summed E-state index contributed by atoms with van der Waals surface area (Å²) >= 11 is 0. The van der Waals surface area contributed by atoms with Crippen LogP contribution in [0.2, 0.25) is 0 Å². The highest BCUT2D eigenvalue weighted by Crippen LogP contribution is 2.42. The lowest BCUT2D eigenvalue weighted by molar-refractivity contribution is -0.0206. The second-order valence-corrected chi connectivity index (χ2v) is 13.0. The largest absolute Gasteiger partial charge is 0.493 e. The van der Waals surface area contributed by atoms with E-state index in [-0.39, 0.29) is 36.4 Å². The predicted octanol–water partition coefficient (Wildman–Crippen LogP) is 5.22. The van der Waals surface area contributed by atoms with E-state index < -0.39 is 17.2 Å². The van der Waals surface area contributed by atoms with E-state index in [0.717, 1.165) is 50.0 Å². The van der Waals surface area contributed by atoms with Crippen molar-refractivity contribution in [1.82, 2.24) is 30.0 Å². The number of hydrazine groups is 1. The van der Waals surface area contributed by atoms with E-state index in [0.29, 0.717) is 25.4 Å². The summed E-state index contributed by atoms with van der Waals surface area (Å²) in [5.74, 6) is -0.684. The Morgan fingerprint density at radius 3 is 2.51 bits per heavy atom. The third-order valence-electron chi connectivity index (χ3n) is 9.71. The van der Waals surface area contributed by atoms with Gasteiger partial charge in [-0.3, -0.25) is 9.80 Å². The molecule has 3 aromatic carbocycles. The number of rotatable bonds is 11. The first-order valence-corrected chi connectivity index (χ1v) is 16.9. The molecular weight excluding hydrogens is 630 g/mol. The van der Waals surface area contributed by atoms with Gasteiger partial charge in [0.2, 0.25) is 0 Å². The Bertz CT molecular complexity index is 1710. The van der Waals surface area contributed by atoms with Gasteiger partial charge >= 0.3 is 6.03 Å². The number of halogens is 2. The van der Waals surface area contributed by atoms with E-state index in [1.165, 1.54) is 18.5 Å². The fourth-order valence-corrected chi connectivity index (χ4v) is 7.11. The number of hydrogen-bond donors (Lipinski definition) is 1. The Morgan fingerprint density at radius 2 is 1.82 bits per heavy atom. The molecular formula is C36H42F2N8O3. The number of urea groups is 1. The lowest BCUT2D eigenvalue weighted by atomic mass is 9.87. The summed E-state index contributed by atoms with van der Waals surface area (Å²) in [5.41, 5.74) is 0.969. The summed E-state index contributed by atoms with van der Waals surface area (Å²) < 4.78 is 43.0. The first-order chi connectivity index (χ1) is 23.9. The number of piperazine rings is 1. The van der Waals surface area contributed by atoms with Crippen molar-refractivity contribution in [1.29, 1.82) is 0 Å². The molecule has 3 aliphatic rings. The molecule has 0 bridgehead atoms. The maximum absolute atomic E-state index is 15.1. The average Bonchev–Trinajstić information content (AvgIpc) is 3.86. The summed E-state index contributed by atoms with van der Waals surface area (Å²) in [6.07, 6.45) is 3.89. The number of aromatic nitrogens is 3. The van der Waals surface area contributed by atoms with Crippen LogP contribution in [-0.2, 0) is 16.9 Å². The molecule has 1 aromatic heterocycles. The number of carbonyl (C=O) groups excluding carboxylic acids is 1. The number of carbonyl (C=O) groups is 1. The highest BCUT2D eigenvalue weighted by atomic mass is 19.1. The third-order valence-corrected chi connectivity index (χ3v) is 9.71. The van der Waals surface area contributed by atoms with Gasteiger partial charge in [0.15, 0.2) is 6.29 Å². The molecule has 0 saturated carbocycles. The quantitative estimate of drug-likeness (QED) is 0.232. The first-order valence-electron chi connectivity index (χ1n) is 16.9. The Labute approximate surface area is 285 Å². The van der Waals surface area contributed by atoms with Crippen LogP contribution in [0.3, 0.4) is 0 Å². The minimum absolute atomic E-state index is 0.0337. The van der Waals surface area contributed by atoms with Crippen LogP contribution in [0.5, 0.6) is 5.75 Å². The molecule has 0 radical (unpaired) electrons. The number of amides is 2. The van der Waals surface area contributed by atoms with E-state index in [1.807, 2.05) is 64.5 Å². The standard InChI is InChI=1S/C36H42F2N8O3/c1-3-26(2)45-35(47)44(29-7-5-4-6-8-29)34(42-17-15-39-16-18-42)46(45)30-10-12-31(13-11-30)48-21-27-20-36(49-22-27,23-43-25-40-24-41-43)32-14-9-28(37)19-33(32)38/h4-14,19,24-27,34,39H,3,15-18,20-23H2,1-2H3/t26-,27?,34?,36?/m0/s1. The van der Waals surface area contributed by atoms with Crippen molar-refractivity contribution in [2.45, 2.75) is 51.2 Å². The van der Waals surface area contributed by atoms with Crippen molar-refractivity contribution in [3.8, 4) is 5.75 Å². The highest BCUT2D eigenvalue weighted by Gasteiger charge is 2.50. The SMILES string of the molecule is CC[C@H](C)N1C(=O)N(c2ccccc2)C(N2CCNCC2)N1c1ccc(OCC2COC(Cn3cncn3)(c3ccc(F)cc3F)C2)cc1. The predicted molar refractivity (Wildman–Crippen MR) is 181 cm³/mol. The monoisotopic (exact) mass is 672 g/mol. The molecule has 4 atom stereocenters. The van der Waals surface area contributed by atoms with Gasteiger partial charge in [-0.15, -0.1) is 0 Å². The fourth-order valence-electron chi connectivity index (χ4n) is 7.11. The van der Waals surface area contributed by atoms with Crippen LogP contribution in [0.4, 0.5) is 25.0 Å². The fraction of sp³-hybridized carbons (Fsp3) is 0.417. The van der Waals surface area contributed by atoms with E-state index in [1.54, 1.807) is 11.0 Å². The van der Waals surface area contributed by atoms with E-state index in [2.05, 4.69) is 39.2 Å². The van der Waals surface area contributed by atoms with Gasteiger partial charge in [0.25, 0.3) is 0 Å². The molecule has 0 spiro atoms. The lowest BCUT2D eigenvalue weighted by Gasteiger charge is -2.42. The van der Waals surface area contributed by atoms with Gasteiger partial charge in [0.05, 0.1) is 31.5 Å². The van der Waals surface area contributed by atoms with Crippen LogP contribution in [0.25, 0.3) is 0 Å². The van der Waals surface area contributed by atoms with Crippen LogP contribution in [0.15, 0.2) is 85.5 Å².